The maximum absolute atomic E-state index is 10.6. The lowest BCUT2D eigenvalue weighted by Crippen LogP contribution is -2.25. The first-order valence-corrected chi connectivity index (χ1v) is 37.5. The molecule has 596 valence electrons. The highest BCUT2D eigenvalue weighted by atomic mass is 16.6. The number of benzene rings is 3. The molecule has 0 fully saturated rings. The number of hydrogen-bond acceptors (Lipinski definition) is 22. The van der Waals surface area contributed by atoms with Gasteiger partial charge in [-0.3, -0.25) is 0 Å². The van der Waals surface area contributed by atoms with Crippen LogP contribution >= 0.6 is 0 Å². The fraction of sp³-hybridized carbons (Fsp3) is 0.778. The Morgan fingerprint density at radius 3 is 0.515 bits per heavy atom. The molecule has 0 saturated heterocycles. The van der Waals surface area contributed by atoms with Crippen molar-refractivity contribution < 1.29 is 105 Å². The Morgan fingerprint density at radius 2 is 0.359 bits per heavy atom. The summed E-state index contributed by atoms with van der Waals surface area (Å²) in [6, 6.07) is 14.0. The minimum atomic E-state index is -0.545. The lowest BCUT2D eigenvalue weighted by Gasteiger charge is -2.36. The molecule has 3 aromatic rings. The number of rotatable bonds is 60. The number of hydrogen-bond donors (Lipinski definition) is 3. The second-order valence-electron chi connectivity index (χ2n) is 31.3. The Hall–Kier alpha value is -3.70. The van der Waals surface area contributed by atoms with E-state index in [9.17, 15) is 5.11 Å². The molecule has 0 bridgehead atoms. The fourth-order valence-electron chi connectivity index (χ4n) is 10.5. The summed E-state index contributed by atoms with van der Waals surface area (Å²) in [5.41, 5.74) is 7.57. The first-order valence-electron chi connectivity index (χ1n) is 37.5. The van der Waals surface area contributed by atoms with Crippen molar-refractivity contribution in [1.29, 1.82) is 0 Å². The standard InChI is InChI=1S/C81H140O22/c1-76(2,3)63-57-66(73(101-24-21-84)69(60-63)79(10,11)12)72(67-58-64(77(4,5)6)61-70(80(13,14)15)74(67)102-55-53-99-51-49-97-47-45-95-43-41-93-39-37-91-35-33-89-31-29-87-27-25-85-22-19-82)68-59-65(78(7,8)9)62-71(81(16,17)18)75(68)103-56-54-100-52-50-98-48-46-96-44-42-94-40-38-92-36-34-90-32-30-88-28-26-86-23-20-83/h57-62,72,82-84H,19-56H2,1-18H3. The zero-order valence-corrected chi connectivity index (χ0v) is 67.0. The van der Waals surface area contributed by atoms with Crippen LogP contribution in [0.3, 0.4) is 0 Å². The van der Waals surface area contributed by atoms with Crippen LogP contribution in [0, 0.1) is 0 Å². The number of aliphatic hydroxyl groups excluding tert-OH is 3. The molecule has 0 aliphatic heterocycles. The molecule has 0 aliphatic rings. The minimum Gasteiger partial charge on any atom is -0.491 e. The average Bonchev–Trinajstić information content (AvgIpc) is 0.730. The average molecular weight is 1470 g/mol. The Kier molecular flexibility index (Phi) is 46.8. The summed E-state index contributed by atoms with van der Waals surface area (Å²) in [4.78, 5) is 0. The zero-order chi connectivity index (χ0) is 76.1. The van der Waals surface area contributed by atoms with Crippen molar-refractivity contribution in [1.82, 2.24) is 0 Å². The van der Waals surface area contributed by atoms with Gasteiger partial charge in [0.25, 0.3) is 0 Å². The lowest BCUT2D eigenvalue weighted by atomic mass is 9.70. The second kappa shape index (κ2) is 51.6. The molecule has 0 amide bonds. The van der Waals surface area contributed by atoms with E-state index >= 15 is 0 Å². The van der Waals surface area contributed by atoms with E-state index in [0.29, 0.717) is 211 Å². The molecule has 103 heavy (non-hydrogen) atoms. The first kappa shape index (κ1) is 93.5. The summed E-state index contributed by atoms with van der Waals surface area (Å²) in [5.74, 6) is 1.73. The van der Waals surface area contributed by atoms with Crippen LogP contribution in [0.25, 0.3) is 0 Å². The van der Waals surface area contributed by atoms with Crippen molar-refractivity contribution in [2.45, 2.75) is 163 Å². The van der Waals surface area contributed by atoms with Gasteiger partial charge in [-0.2, -0.15) is 0 Å². The van der Waals surface area contributed by atoms with Crippen LogP contribution in [0.15, 0.2) is 36.4 Å². The Labute approximate surface area is 620 Å². The molecule has 0 spiro atoms. The van der Waals surface area contributed by atoms with Gasteiger partial charge < -0.3 is 105 Å². The zero-order valence-electron chi connectivity index (χ0n) is 67.0. The predicted octanol–water partition coefficient (Wildman–Crippen LogP) is 11.0. The summed E-state index contributed by atoms with van der Waals surface area (Å²) in [6.07, 6.45) is 0. The number of ether oxygens (including phenoxy) is 19. The Balaban J connectivity index is 1.85. The van der Waals surface area contributed by atoms with E-state index in [1.165, 1.54) is 0 Å². The highest BCUT2D eigenvalue weighted by molar-refractivity contribution is 5.65. The van der Waals surface area contributed by atoms with Crippen molar-refractivity contribution in [3.63, 3.8) is 0 Å². The normalized spacial score (nSPS) is 12.8. The summed E-state index contributed by atoms with van der Waals surface area (Å²) in [5, 5.41) is 28.1. The van der Waals surface area contributed by atoms with Gasteiger partial charge in [0.2, 0.25) is 0 Å². The highest BCUT2D eigenvalue weighted by Gasteiger charge is 2.39. The van der Waals surface area contributed by atoms with Crippen LogP contribution in [-0.2, 0) is 108 Å². The van der Waals surface area contributed by atoms with Gasteiger partial charge in [0.05, 0.1) is 231 Å². The van der Waals surface area contributed by atoms with Gasteiger partial charge >= 0.3 is 0 Å². The van der Waals surface area contributed by atoms with Crippen molar-refractivity contribution in [2.24, 2.45) is 0 Å². The smallest absolute Gasteiger partial charge is 0.127 e. The van der Waals surface area contributed by atoms with Gasteiger partial charge in [-0.15, -0.1) is 0 Å². The molecule has 0 radical (unpaired) electrons. The minimum absolute atomic E-state index is 0.00523. The quantitative estimate of drug-likeness (QED) is 0.0352. The molecule has 0 aromatic heterocycles. The van der Waals surface area contributed by atoms with E-state index in [-0.39, 0.29) is 72.1 Å². The first-order chi connectivity index (χ1) is 49.0. The maximum Gasteiger partial charge on any atom is 0.127 e. The second-order valence-corrected chi connectivity index (χ2v) is 31.3. The van der Waals surface area contributed by atoms with E-state index in [1.54, 1.807) is 0 Å². The lowest BCUT2D eigenvalue weighted by molar-refractivity contribution is -0.0243. The van der Waals surface area contributed by atoms with E-state index in [2.05, 4.69) is 161 Å². The van der Waals surface area contributed by atoms with Crippen molar-refractivity contribution in [3.05, 3.63) is 86.5 Å². The summed E-state index contributed by atoms with van der Waals surface area (Å²) < 4.78 is 112. The van der Waals surface area contributed by atoms with E-state index in [0.717, 1.165) is 67.3 Å². The third-order valence-electron chi connectivity index (χ3n) is 16.3. The number of aliphatic hydroxyl groups is 3. The van der Waals surface area contributed by atoms with Crippen LogP contribution in [0.2, 0.25) is 0 Å². The predicted molar refractivity (Wildman–Crippen MR) is 403 cm³/mol. The van der Waals surface area contributed by atoms with E-state index in [1.807, 2.05) is 0 Å². The third-order valence-corrected chi connectivity index (χ3v) is 16.3. The maximum atomic E-state index is 10.6. The molecule has 0 heterocycles. The summed E-state index contributed by atoms with van der Waals surface area (Å²) >= 11 is 0. The molecular formula is C81H140O22. The van der Waals surface area contributed by atoms with Gasteiger partial charge in [0.1, 0.15) is 37.1 Å². The Morgan fingerprint density at radius 1 is 0.204 bits per heavy atom. The largest absolute Gasteiger partial charge is 0.491 e. The fourth-order valence-corrected chi connectivity index (χ4v) is 10.5. The van der Waals surface area contributed by atoms with Crippen molar-refractivity contribution in [2.75, 3.05) is 251 Å². The van der Waals surface area contributed by atoms with Gasteiger partial charge in [0, 0.05) is 39.3 Å². The molecule has 0 unspecified atom stereocenters. The van der Waals surface area contributed by atoms with E-state index < -0.39 is 5.92 Å². The van der Waals surface area contributed by atoms with Crippen LogP contribution in [0.1, 0.15) is 181 Å². The molecular weight excluding hydrogens is 1320 g/mol. The van der Waals surface area contributed by atoms with Crippen molar-refractivity contribution >= 4 is 0 Å². The van der Waals surface area contributed by atoms with Crippen LogP contribution in [0.4, 0.5) is 0 Å². The molecule has 3 rings (SSSR count). The molecule has 22 nitrogen and oxygen atoms in total. The van der Waals surface area contributed by atoms with Gasteiger partial charge in [-0.1, -0.05) is 161 Å². The summed E-state index contributed by atoms with van der Waals surface area (Å²) in [7, 11) is 0. The van der Waals surface area contributed by atoms with Gasteiger partial charge in [0.15, 0.2) is 0 Å². The molecule has 22 heteroatoms. The van der Waals surface area contributed by atoms with Crippen molar-refractivity contribution in [3.8, 4) is 17.2 Å². The Bertz CT molecular complexity index is 2510. The van der Waals surface area contributed by atoms with E-state index in [4.69, 9.17) is 100 Å². The topological polar surface area (TPSA) is 236 Å². The van der Waals surface area contributed by atoms with Gasteiger partial charge in [-0.05, 0) is 49.2 Å². The SMILES string of the molecule is CC(C)(C)c1cc(C(c2cc(C(C)(C)C)cc(C(C)(C)C)c2OCCOCCOCCOCCOCCOCCOCCOCCOCCO)c2cc(C(C)(C)C)cc(C(C)(C)C)c2OCCOCCOCCOCCOCCOCCOCCOCCOCCO)c(OCCO)c(C(C)(C)C)c1. The third kappa shape index (κ3) is 39.3. The molecule has 0 atom stereocenters. The molecule has 3 N–H and O–H groups in total. The van der Waals surface area contributed by atoms with Crippen LogP contribution in [-0.4, -0.2) is 266 Å². The molecule has 3 aromatic carbocycles. The van der Waals surface area contributed by atoms with Crippen LogP contribution in [0.5, 0.6) is 17.2 Å². The monoisotopic (exact) mass is 1460 g/mol. The van der Waals surface area contributed by atoms with Gasteiger partial charge in [-0.25, -0.2) is 0 Å². The highest BCUT2D eigenvalue weighted by Crippen LogP contribution is 2.54. The van der Waals surface area contributed by atoms with Crippen LogP contribution < -0.4 is 14.2 Å². The molecule has 0 aliphatic carbocycles. The summed E-state index contributed by atoms with van der Waals surface area (Å²) in [6.45, 7) is 54.7. The molecule has 0 saturated carbocycles.